The molecule has 0 aliphatic carbocycles. The number of hydrogen-bond acceptors (Lipinski definition) is 7. The molecule has 126 valence electrons. The number of pyridine rings is 1. The molecule has 22 heavy (non-hydrogen) atoms. The maximum absolute atomic E-state index is 5.83. The van der Waals surface area contributed by atoms with E-state index in [9.17, 15) is 0 Å². The third kappa shape index (κ3) is 8.02. The summed E-state index contributed by atoms with van der Waals surface area (Å²) in [6, 6.07) is 1.71. The van der Waals surface area contributed by atoms with Crippen LogP contribution in [0.1, 0.15) is 13.3 Å². The summed E-state index contributed by atoms with van der Waals surface area (Å²) in [6.45, 7) is 8.31. The van der Waals surface area contributed by atoms with Gasteiger partial charge in [-0.2, -0.15) is 0 Å². The third-order valence-electron chi connectivity index (χ3n) is 3.25. The van der Waals surface area contributed by atoms with Crippen LogP contribution in [0.2, 0.25) is 0 Å². The molecule has 1 aromatic rings. The fourth-order valence-corrected chi connectivity index (χ4v) is 1.99. The van der Waals surface area contributed by atoms with E-state index < -0.39 is 0 Å². The number of likely N-dealkylation sites (N-methyl/N-ethyl adjacent to an activating group) is 1. The topological polar surface area (TPSA) is 101 Å². The van der Waals surface area contributed by atoms with Crippen LogP contribution >= 0.6 is 0 Å². The molecule has 0 unspecified atom stereocenters. The molecule has 1 heterocycles. The highest BCUT2D eigenvalue weighted by atomic mass is 16.5. The number of hydrogen-bond donors (Lipinski definition) is 4. The number of nitrogens with two attached hydrogens (primary N) is 2. The molecule has 0 aromatic carbocycles. The first-order valence-electron chi connectivity index (χ1n) is 7.85. The Labute approximate surface area is 133 Å². The van der Waals surface area contributed by atoms with Crippen LogP contribution in [0.15, 0.2) is 12.3 Å². The molecular formula is C15H30N6O. The molecule has 0 amide bonds. The maximum Gasteiger partial charge on any atom is 0.149 e. The summed E-state index contributed by atoms with van der Waals surface area (Å²) in [7, 11) is 2.12. The summed E-state index contributed by atoms with van der Waals surface area (Å²) in [4.78, 5) is 6.45. The first-order valence-corrected chi connectivity index (χ1v) is 7.85. The highest BCUT2D eigenvalue weighted by Crippen LogP contribution is 2.16. The summed E-state index contributed by atoms with van der Waals surface area (Å²) >= 11 is 0. The zero-order valence-electron chi connectivity index (χ0n) is 13.8. The molecule has 0 saturated heterocycles. The molecule has 0 aliphatic heterocycles. The van der Waals surface area contributed by atoms with Gasteiger partial charge >= 0.3 is 0 Å². The summed E-state index contributed by atoms with van der Waals surface area (Å²) in [5.41, 5.74) is 12.6. The van der Waals surface area contributed by atoms with Crippen molar-refractivity contribution in [2.75, 3.05) is 69.8 Å². The van der Waals surface area contributed by atoms with Gasteiger partial charge in [0.25, 0.3) is 0 Å². The van der Waals surface area contributed by atoms with Gasteiger partial charge in [-0.3, -0.25) is 0 Å². The van der Waals surface area contributed by atoms with Gasteiger partial charge in [0.1, 0.15) is 5.82 Å². The van der Waals surface area contributed by atoms with Crippen molar-refractivity contribution >= 4 is 17.2 Å². The lowest BCUT2D eigenvalue weighted by Gasteiger charge is -2.16. The van der Waals surface area contributed by atoms with Crippen molar-refractivity contribution in [1.29, 1.82) is 0 Å². The molecule has 0 bridgehead atoms. The Balaban J connectivity index is 1.99. The quantitative estimate of drug-likeness (QED) is 0.419. The van der Waals surface area contributed by atoms with Crippen LogP contribution in [0, 0.1) is 0 Å². The van der Waals surface area contributed by atoms with Crippen molar-refractivity contribution in [3.8, 4) is 0 Å². The average molecular weight is 310 g/mol. The van der Waals surface area contributed by atoms with E-state index in [1.807, 2.05) is 6.92 Å². The lowest BCUT2D eigenvalue weighted by molar-refractivity contribution is 0.122. The smallest absolute Gasteiger partial charge is 0.149 e. The Kier molecular flexibility index (Phi) is 9.29. The fraction of sp³-hybridized carbons (Fsp3) is 0.667. The normalized spacial score (nSPS) is 11.0. The molecular weight excluding hydrogens is 280 g/mol. The second-order valence-corrected chi connectivity index (χ2v) is 5.24. The summed E-state index contributed by atoms with van der Waals surface area (Å²) in [5.74, 6) is 0.687. The van der Waals surface area contributed by atoms with Crippen LogP contribution in [0.4, 0.5) is 17.2 Å². The van der Waals surface area contributed by atoms with Crippen molar-refractivity contribution in [3.05, 3.63) is 12.3 Å². The Hall–Kier alpha value is -1.57. The van der Waals surface area contributed by atoms with Crippen LogP contribution in [-0.2, 0) is 4.74 Å². The predicted molar refractivity (Wildman–Crippen MR) is 93.0 cm³/mol. The van der Waals surface area contributed by atoms with Crippen molar-refractivity contribution < 1.29 is 4.74 Å². The highest BCUT2D eigenvalue weighted by molar-refractivity contribution is 5.65. The molecule has 0 spiro atoms. The van der Waals surface area contributed by atoms with Gasteiger partial charge in [0.15, 0.2) is 0 Å². The van der Waals surface area contributed by atoms with Gasteiger partial charge in [-0.25, -0.2) is 4.98 Å². The summed E-state index contributed by atoms with van der Waals surface area (Å²) in [6.07, 6.45) is 2.72. The van der Waals surface area contributed by atoms with E-state index in [1.54, 1.807) is 12.3 Å². The standard InChI is InChI=1S/C15H30N6O/c1-3-22-10-9-21(2)8-4-5-18-6-7-19-15-14(17)11-13(16)12-20-15/h11-12,18H,3-10,16-17H2,1-2H3,(H,19,20). The number of nitrogens with zero attached hydrogens (tertiary/aromatic N) is 2. The predicted octanol–water partition coefficient (Wildman–Crippen LogP) is 0.606. The van der Waals surface area contributed by atoms with Crippen molar-refractivity contribution in [1.82, 2.24) is 15.2 Å². The van der Waals surface area contributed by atoms with E-state index in [4.69, 9.17) is 16.2 Å². The lowest BCUT2D eigenvalue weighted by Crippen LogP contribution is -2.29. The Morgan fingerprint density at radius 2 is 2.05 bits per heavy atom. The van der Waals surface area contributed by atoms with Gasteiger partial charge in [0.05, 0.1) is 24.2 Å². The molecule has 0 saturated carbocycles. The first-order chi connectivity index (χ1) is 10.6. The minimum Gasteiger partial charge on any atom is -0.397 e. The number of anilines is 3. The SMILES string of the molecule is CCOCCN(C)CCCNCCNc1ncc(N)cc1N. The third-order valence-corrected chi connectivity index (χ3v) is 3.25. The molecule has 0 radical (unpaired) electrons. The zero-order chi connectivity index (χ0) is 16.2. The van der Waals surface area contributed by atoms with Crippen LogP contribution in [-0.4, -0.2) is 62.9 Å². The molecule has 1 aromatic heterocycles. The van der Waals surface area contributed by atoms with E-state index in [-0.39, 0.29) is 0 Å². The monoisotopic (exact) mass is 310 g/mol. The van der Waals surface area contributed by atoms with Gasteiger partial charge in [0, 0.05) is 26.2 Å². The summed E-state index contributed by atoms with van der Waals surface area (Å²) < 4.78 is 5.33. The summed E-state index contributed by atoms with van der Waals surface area (Å²) in [5, 5.41) is 6.59. The molecule has 0 atom stereocenters. The molecule has 1 rings (SSSR count). The largest absolute Gasteiger partial charge is 0.397 e. The van der Waals surface area contributed by atoms with Crippen LogP contribution in [0.25, 0.3) is 0 Å². The number of ether oxygens (including phenoxy) is 1. The number of nitrogens with one attached hydrogen (secondary N) is 2. The molecule has 0 aliphatic rings. The Morgan fingerprint density at radius 3 is 2.77 bits per heavy atom. The molecule has 0 fully saturated rings. The second-order valence-electron chi connectivity index (χ2n) is 5.24. The van der Waals surface area contributed by atoms with E-state index in [2.05, 4.69) is 27.6 Å². The van der Waals surface area contributed by atoms with Crippen LogP contribution in [0.5, 0.6) is 0 Å². The van der Waals surface area contributed by atoms with E-state index in [0.29, 0.717) is 17.2 Å². The van der Waals surface area contributed by atoms with Gasteiger partial charge in [-0.15, -0.1) is 0 Å². The lowest BCUT2D eigenvalue weighted by atomic mass is 10.3. The number of aromatic nitrogens is 1. The molecule has 7 heteroatoms. The van der Waals surface area contributed by atoms with E-state index in [1.165, 1.54) is 0 Å². The average Bonchev–Trinajstić information content (AvgIpc) is 2.48. The van der Waals surface area contributed by atoms with E-state index >= 15 is 0 Å². The number of nitrogen functional groups attached to an aromatic ring is 2. The highest BCUT2D eigenvalue weighted by Gasteiger charge is 2.00. The maximum atomic E-state index is 5.83. The first kappa shape index (κ1) is 18.5. The molecule has 7 nitrogen and oxygen atoms in total. The van der Waals surface area contributed by atoms with Crippen LogP contribution in [0.3, 0.4) is 0 Å². The van der Waals surface area contributed by atoms with E-state index in [0.717, 1.165) is 52.4 Å². The number of rotatable bonds is 12. The van der Waals surface area contributed by atoms with Crippen LogP contribution < -0.4 is 22.1 Å². The second kappa shape index (κ2) is 11.1. The van der Waals surface area contributed by atoms with Crippen molar-refractivity contribution in [3.63, 3.8) is 0 Å². The zero-order valence-corrected chi connectivity index (χ0v) is 13.8. The Morgan fingerprint density at radius 1 is 1.23 bits per heavy atom. The van der Waals surface area contributed by atoms with Gasteiger partial charge < -0.3 is 31.7 Å². The van der Waals surface area contributed by atoms with Crippen molar-refractivity contribution in [2.45, 2.75) is 13.3 Å². The molecule has 6 N–H and O–H groups in total. The van der Waals surface area contributed by atoms with Gasteiger partial charge in [-0.1, -0.05) is 0 Å². The van der Waals surface area contributed by atoms with Gasteiger partial charge in [-0.05, 0) is 39.5 Å². The van der Waals surface area contributed by atoms with Crippen molar-refractivity contribution in [2.24, 2.45) is 0 Å². The van der Waals surface area contributed by atoms with Gasteiger partial charge in [0.2, 0.25) is 0 Å². The fourth-order valence-electron chi connectivity index (χ4n) is 1.99. The minimum absolute atomic E-state index is 0.578. The Bertz CT molecular complexity index is 415. The minimum atomic E-state index is 0.578.